The number of likely N-dealkylation sites (tertiary alicyclic amines) is 1. The van der Waals surface area contributed by atoms with Crippen LogP contribution in [0.4, 0.5) is 0 Å². The number of hydrogen-bond donors (Lipinski definition) is 0. The minimum atomic E-state index is -0.525. The minimum Gasteiger partial charge on any atom is -0.461 e. The first kappa shape index (κ1) is 23.3. The summed E-state index contributed by atoms with van der Waals surface area (Å²) in [6.45, 7) is 6.79. The fourth-order valence-corrected chi connectivity index (χ4v) is 5.61. The lowest BCUT2D eigenvalue weighted by Gasteiger charge is -2.31. The van der Waals surface area contributed by atoms with E-state index >= 15 is 0 Å². The number of esters is 1. The highest BCUT2D eigenvalue weighted by Gasteiger charge is 2.32. The van der Waals surface area contributed by atoms with Gasteiger partial charge in [0.25, 0.3) is 5.91 Å². The number of aryl methyl sites for hydroxylation is 2. The van der Waals surface area contributed by atoms with Gasteiger partial charge in [0.15, 0.2) is 17.2 Å². The molecule has 11 nitrogen and oxygen atoms in total. The van der Waals surface area contributed by atoms with E-state index in [1.54, 1.807) is 13.8 Å². The summed E-state index contributed by atoms with van der Waals surface area (Å²) in [4.78, 5) is 32.5. The van der Waals surface area contributed by atoms with Crippen LogP contribution in [0.2, 0.25) is 0 Å². The lowest BCUT2D eigenvalue weighted by Crippen LogP contribution is -2.38. The summed E-state index contributed by atoms with van der Waals surface area (Å²) in [6.07, 6.45) is 1.56. The molecule has 35 heavy (non-hydrogen) atoms. The van der Waals surface area contributed by atoms with E-state index in [1.165, 1.54) is 28.9 Å². The van der Waals surface area contributed by atoms with Crippen LogP contribution in [0.25, 0.3) is 22.1 Å². The average molecular weight is 515 g/mol. The van der Waals surface area contributed by atoms with Gasteiger partial charge in [0, 0.05) is 30.5 Å². The summed E-state index contributed by atoms with van der Waals surface area (Å²) in [6, 6.07) is 1.54. The Hall–Kier alpha value is -3.45. The zero-order valence-electron chi connectivity index (χ0n) is 19.3. The van der Waals surface area contributed by atoms with Crippen molar-refractivity contribution in [3.8, 4) is 22.1 Å². The molecule has 5 rings (SSSR count). The first-order chi connectivity index (χ1) is 17.0. The second-order valence-electron chi connectivity index (χ2n) is 8.09. The molecule has 1 aliphatic rings. The number of carbonyl (C=O) groups excluding carboxylic acids is 2. The molecule has 0 aromatic carbocycles. The van der Waals surface area contributed by atoms with E-state index in [0.717, 1.165) is 22.7 Å². The molecule has 4 aromatic rings. The molecule has 0 N–H and O–H groups in total. The highest BCUT2D eigenvalue weighted by atomic mass is 32.1. The molecule has 0 aliphatic carbocycles. The number of thiazole rings is 1. The Bertz CT molecular complexity index is 1360. The summed E-state index contributed by atoms with van der Waals surface area (Å²) in [5.74, 6) is 0.453. The Labute approximate surface area is 208 Å². The van der Waals surface area contributed by atoms with Gasteiger partial charge in [-0.1, -0.05) is 14.8 Å². The highest BCUT2D eigenvalue weighted by Crippen LogP contribution is 2.35. The van der Waals surface area contributed by atoms with Crippen LogP contribution >= 0.6 is 22.9 Å². The molecule has 182 valence electrons. The molecule has 0 saturated carbocycles. The smallest absolute Gasteiger partial charge is 0.360 e. The lowest BCUT2D eigenvalue weighted by atomic mass is 9.96. The van der Waals surface area contributed by atoms with Crippen LogP contribution in [-0.4, -0.2) is 61.4 Å². The lowest BCUT2D eigenvalue weighted by molar-refractivity contribution is 0.0514. The van der Waals surface area contributed by atoms with Crippen LogP contribution in [0.15, 0.2) is 20.5 Å². The van der Waals surface area contributed by atoms with E-state index in [0.29, 0.717) is 47.3 Å². The van der Waals surface area contributed by atoms with Crippen LogP contribution in [0.1, 0.15) is 62.9 Å². The maximum Gasteiger partial charge on any atom is 0.360 e. The standard InChI is InChI=1S/C22H22N6O5S2/c1-4-31-22(30)14-9-16(32-26-14)15-10-34-20(23-15)13-5-7-28(8-6-13)21(29)17-11(2)25-33-18(17)19-12(3)24-27-35-19/h9-10,13H,4-8H2,1-3H3. The first-order valence-electron chi connectivity index (χ1n) is 11.1. The van der Waals surface area contributed by atoms with E-state index in [4.69, 9.17) is 18.8 Å². The van der Waals surface area contributed by atoms with Gasteiger partial charge < -0.3 is 18.7 Å². The SMILES string of the molecule is CCOC(=O)c1cc(-c2csc(C3CCN(C(=O)c4c(C)noc4-c4snnc4C)CC3)n2)on1. The zero-order chi connectivity index (χ0) is 24.5. The summed E-state index contributed by atoms with van der Waals surface area (Å²) in [5, 5.41) is 14.7. The van der Waals surface area contributed by atoms with Gasteiger partial charge in [-0.25, -0.2) is 9.78 Å². The maximum absolute atomic E-state index is 13.4. The number of piperidine rings is 1. The van der Waals surface area contributed by atoms with Crippen molar-refractivity contribution in [2.75, 3.05) is 19.7 Å². The van der Waals surface area contributed by atoms with Gasteiger partial charge in [-0.2, -0.15) is 0 Å². The quantitative estimate of drug-likeness (QED) is 0.345. The number of nitrogens with zero attached hydrogens (tertiary/aromatic N) is 6. The number of ether oxygens (including phenoxy) is 1. The Morgan fingerprint density at radius 1 is 1.17 bits per heavy atom. The van der Waals surface area contributed by atoms with Crippen molar-refractivity contribution >= 4 is 34.7 Å². The molecule has 1 saturated heterocycles. The second-order valence-corrected chi connectivity index (χ2v) is 9.74. The fourth-order valence-electron chi connectivity index (χ4n) is 3.99. The van der Waals surface area contributed by atoms with Crippen molar-refractivity contribution < 1.29 is 23.4 Å². The first-order valence-corrected chi connectivity index (χ1v) is 12.8. The number of amides is 1. The van der Waals surface area contributed by atoms with Crippen molar-refractivity contribution in [3.63, 3.8) is 0 Å². The largest absolute Gasteiger partial charge is 0.461 e. The Kier molecular flexibility index (Phi) is 6.43. The van der Waals surface area contributed by atoms with Gasteiger partial charge in [0.2, 0.25) is 0 Å². The van der Waals surface area contributed by atoms with Gasteiger partial charge in [0.1, 0.15) is 16.1 Å². The molecule has 0 bridgehead atoms. The molecule has 4 aromatic heterocycles. The third-order valence-electron chi connectivity index (χ3n) is 5.83. The van der Waals surface area contributed by atoms with Crippen LogP contribution in [0, 0.1) is 13.8 Å². The summed E-state index contributed by atoms with van der Waals surface area (Å²) >= 11 is 2.72. The Morgan fingerprint density at radius 3 is 2.69 bits per heavy atom. The van der Waals surface area contributed by atoms with Gasteiger partial charge in [-0.15, -0.1) is 16.4 Å². The van der Waals surface area contributed by atoms with Crippen molar-refractivity contribution in [3.05, 3.63) is 39.1 Å². The molecule has 1 aliphatic heterocycles. The minimum absolute atomic E-state index is 0.0991. The topological polar surface area (TPSA) is 137 Å². The zero-order valence-corrected chi connectivity index (χ0v) is 20.9. The van der Waals surface area contributed by atoms with Gasteiger partial charge in [-0.3, -0.25) is 4.79 Å². The average Bonchev–Trinajstić information content (AvgIpc) is 3.65. The fraction of sp³-hybridized carbons (Fsp3) is 0.409. The summed E-state index contributed by atoms with van der Waals surface area (Å²) in [7, 11) is 0. The Morgan fingerprint density at radius 2 is 1.97 bits per heavy atom. The third kappa shape index (κ3) is 4.48. The normalized spacial score (nSPS) is 14.4. The second kappa shape index (κ2) is 9.66. The van der Waals surface area contributed by atoms with Crippen LogP contribution in [-0.2, 0) is 4.74 Å². The van der Waals surface area contributed by atoms with Gasteiger partial charge in [-0.05, 0) is 45.1 Å². The molecule has 0 unspecified atom stereocenters. The molecular weight excluding hydrogens is 492 g/mol. The molecule has 0 spiro atoms. The van der Waals surface area contributed by atoms with Crippen LogP contribution in [0.5, 0.6) is 0 Å². The van der Waals surface area contributed by atoms with E-state index in [2.05, 4.69) is 19.9 Å². The van der Waals surface area contributed by atoms with E-state index in [-0.39, 0.29) is 24.1 Å². The molecule has 0 radical (unpaired) electrons. The maximum atomic E-state index is 13.4. The Balaban J connectivity index is 1.26. The molecular formula is C22H22N6O5S2. The molecule has 1 amide bonds. The summed E-state index contributed by atoms with van der Waals surface area (Å²) in [5.41, 5.74) is 2.48. The van der Waals surface area contributed by atoms with Gasteiger partial charge in [0.05, 0.1) is 23.0 Å². The summed E-state index contributed by atoms with van der Waals surface area (Å²) < 4.78 is 19.7. The monoisotopic (exact) mass is 514 g/mol. The molecule has 0 atom stereocenters. The number of rotatable bonds is 6. The van der Waals surface area contributed by atoms with Gasteiger partial charge >= 0.3 is 5.97 Å². The molecule has 5 heterocycles. The molecule has 1 fully saturated rings. The predicted molar refractivity (Wildman–Crippen MR) is 126 cm³/mol. The van der Waals surface area contributed by atoms with Crippen molar-refractivity contribution in [1.29, 1.82) is 0 Å². The highest BCUT2D eigenvalue weighted by molar-refractivity contribution is 7.10. The van der Waals surface area contributed by atoms with E-state index < -0.39 is 5.97 Å². The predicted octanol–water partition coefficient (Wildman–Crippen LogP) is 4.12. The van der Waals surface area contributed by atoms with Crippen molar-refractivity contribution in [2.45, 2.75) is 39.5 Å². The van der Waals surface area contributed by atoms with Crippen molar-refractivity contribution in [2.24, 2.45) is 0 Å². The number of aromatic nitrogens is 5. The van der Waals surface area contributed by atoms with E-state index in [1.807, 2.05) is 17.2 Å². The van der Waals surface area contributed by atoms with Crippen LogP contribution in [0.3, 0.4) is 0 Å². The number of carbonyl (C=O) groups is 2. The third-order valence-corrected chi connectivity index (χ3v) is 7.67. The molecule has 13 heteroatoms. The van der Waals surface area contributed by atoms with Crippen molar-refractivity contribution in [1.82, 2.24) is 29.8 Å². The van der Waals surface area contributed by atoms with Crippen LogP contribution < -0.4 is 0 Å². The van der Waals surface area contributed by atoms with E-state index in [9.17, 15) is 9.59 Å². The number of hydrogen-bond acceptors (Lipinski definition) is 12.